The van der Waals surface area contributed by atoms with Crippen molar-refractivity contribution in [2.45, 2.75) is 50.9 Å². The fourth-order valence-electron chi connectivity index (χ4n) is 2.73. The Kier molecular flexibility index (Phi) is 12.2. The van der Waals surface area contributed by atoms with Gasteiger partial charge < -0.3 is 31.8 Å². The molecule has 0 fully saturated rings. The fraction of sp³-hybridized carbons (Fsp3) is 0.632. The number of aliphatic carboxylic acids is 1. The largest absolute Gasteiger partial charge is 0.480 e. The summed E-state index contributed by atoms with van der Waals surface area (Å²) in [6.07, 6.45) is 5.14. The van der Waals surface area contributed by atoms with E-state index in [2.05, 4.69) is 38.5 Å². The standard InChI is InChI=1S/C19H32N6O5S2/c1-10(2)15(18(28)23-13(19(29)30)4-5-32-3)25-17(27)14(6-11-7-21-9-22-11)24-16(26)12(20)8-31/h7,9-10,12-15,31H,4-6,8,20H2,1-3H3,(H,21,22)(H,23,28)(H,24,26)(H,25,27)(H,29,30). The Bertz CT molecular complexity index is 761. The summed E-state index contributed by atoms with van der Waals surface area (Å²) in [7, 11) is 0. The maximum Gasteiger partial charge on any atom is 0.326 e. The Labute approximate surface area is 196 Å². The molecule has 1 heterocycles. The molecule has 180 valence electrons. The molecule has 0 aromatic carbocycles. The van der Waals surface area contributed by atoms with Crippen LogP contribution in [0.1, 0.15) is 26.0 Å². The Morgan fingerprint density at radius 3 is 2.31 bits per heavy atom. The highest BCUT2D eigenvalue weighted by molar-refractivity contribution is 7.98. The van der Waals surface area contributed by atoms with Gasteiger partial charge in [-0.2, -0.15) is 24.4 Å². The SMILES string of the molecule is CSCCC(NC(=O)C(NC(=O)C(Cc1cnc[nH]1)NC(=O)C(N)CS)C(C)C)C(=O)O. The van der Waals surface area contributed by atoms with Gasteiger partial charge in [0.15, 0.2) is 0 Å². The van der Waals surface area contributed by atoms with Gasteiger partial charge in [0.25, 0.3) is 0 Å². The molecule has 0 radical (unpaired) electrons. The molecule has 7 N–H and O–H groups in total. The number of nitrogens with one attached hydrogen (secondary N) is 4. The number of carbonyl (C=O) groups is 4. The van der Waals surface area contributed by atoms with Crippen LogP contribution in [-0.2, 0) is 25.6 Å². The number of thioether (sulfide) groups is 1. The predicted octanol–water partition coefficient (Wildman–Crippen LogP) is -0.843. The number of carbonyl (C=O) groups excluding carboxylic acids is 3. The van der Waals surface area contributed by atoms with Crippen LogP contribution in [0.25, 0.3) is 0 Å². The molecule has 11 nitrogen and oxygen atoms in total. The molecule has 0 aliphatic carbocycles. The first-order valence-electron chi connectivity index (χ1n) is 10.1. The van der Waals surface area contributed by atoms with Gasteiger partial charge in [-0.15, -0.1) is 0 Å². The summed E-state index contributed by atoms with van der Waals surface area (Å²) in [4.78, 5) is 56.3. The van der Waals surface area contributed by atoms with Gasteiger partial charge in [-0.25, -0.2) is 9.78 Å². The smallest absolute Gasteiger partial charge is 0.326 e. The molecular formula is C19H32N6O5S2. The van der Waals surface area contributed by atoms with Gasteiger partial charge in [-0.1, -0.05) is 13.8 Å². The zero-order valence-corrected chi connectivity index (χ0v) is 20.0. The zero-order chi connectivity index (χ0) is 24.3. The number of imidazole rings is 1. The average Bonchev–Trinajstić information content (AvgIpc) is 3.25. The number of amides is 3. The number of rotatable bonds is 14. The Balaban J connectivity index is 2.96. The van der Waals surface area contributed by atoms with E-state index in [-0.39, 0.29) is 24.5 Å². The molecule has 0 aliphatic rings. The van der Waals surface area contributed by atoms with E-state index in [1.165, 1.54) is 24.3 Å². The van der Waals surface area contributed by atoms with Gasteiger partial charge in [0.2, 0.25) is 17.7 Å². The van der Waals surface area contributed by atoms with Gasteiger partial charge in [0.1, 0.15) is 18.1 Å². The van der Waals surface area contributed by atoms with Crippen molar-refractivity contribution in [2.24, 2.45) is 11.7 Å². The van der Waals surface area contributed by atoms with Crippen LogP contribution in [0.3, 0.4) is 0 Å². The highest BCUT2D eigenvalue weighted by Crippen LogP contribution is 2.08. The number of hydrogen-bond donors (Lipinski definition) is 7. The number of nitrogens with zero attached hydrogens (tertiary/aromatic N) is 1. The number of hydrogen-bond acceptors (Lipinski definition) is 8. The molecule has 1 rings (SSSR count). The topological polar surface area (TPSA) is 179 Å². The maximum absolute atomic E-state index is 13.0. The average molecular weight is 489 g/mol. The van der Waals surface area contributed by atoms with Crippen LogP contribution in [0, 0.1) is 5.92 Å². The van der Waals surface area contributed by atoms with E-state index in [1.807, 2.05) is 6.26 Å². The van der Waals surface area contributed by atoms with E-state index in [0.29, 0.717) is 11.4 Å². The van der Waals surface area contributed by atoms with Gasteiger partial charge in [-0.3, -0.25) is 14.4 Å². The summed E-state index contributed by atoms with van der Waals surface area (Å²) in [6.45, 7) is 3.45. The summed E-state index contributed by atoms with van der Waals surface area (Å²) >= 11 is 5.46. The summed E-state index contributed by atoms with van der Waals surface area (Å²) in [5.41, 5.74) is 6.29. The zero-order valence-electron chi connectivity index (χ0n) is 18.3. The number of aromatic nitrogens is 2. The fourth-order valence-corrected chi connectivity index (χ4v) is 3.37. The molecule has 4 atom stereocenters. The highest BCUT2D eigenvalue weighted by atomic mass is 32.2. The number of aromatic amines is 1. The lowest BCUT2D eigenvalue weighted by molar-refractivity contribution is -0.142. The second kappa shape index (κ2) is 14.0. The molecule has 1 aromatic rings. The first kappa shape index (κ1) is 27.8. The molecule has 4 unspecified atom stereocenters. The highest BCUT2D eigenvalue weighted by Gasteiger charge is 2.32. The van der Waals surface area contributed by atoms with Crippen molar-refractivity contribution in [3.8, 4) is 0 Å². The molecule has 0 spiro atoms. The van der Waals surface area contributed by atoms with Crippen LogP contribution in [0.5, 0.6) is 0 Å². The van der Waals surface area contributed by atoms with E-state index in [9.17, 15) is 24.3 Å². The normalized spacial score (nSPS) is 14.8. The van der Waals surface area contributed by atoms with Gasteiger partial charge in [0, 0.05) is 24.1 Å². The van der Waals surface area contributed by atoms with Crippen molar-refractivity contribution >= 4 is 48.1 Å². The van der Waals surface area contributed by atoms with E-state index in [0.717, 1.165) is 0 Å². The van der Waals surface area contributed by atoms with Crippen molar-refractivity contribution in [1.29, 1.82) is 0 Å². The van der Waals surface area contributed by atoms with Crippen molar-refractivity contribution in [3.63, 3.8) is 0 Å². The number of H-pyrrole nitrogens is 1. The lowest BCUT2D eigenvalue weighted by atomic mass is 10.0. The van der Waals surface area contributed by atoms with Crippen LogP contribution < -0.4 is 21.7 Å². The second-order valence-electron chi connectivity index (χ2n) is 7.54. The predicted molar refractivity (Wildman–Crippen MR) is 125 cm³/mol. The van der Waals surface area contributed by atoms with Crippen LogP contribution >= 0.6 is 24.4 Å². The van der Waals surface area contributed by atoms with Crippen LogP contribution in [0.15, 0.2) is 12.5 Å². The lowest BCUT2D eigenvalue weighted by Crippen LogP contribution is -2.59. The molecule has 1 aromatic heterocycles. The minimum atomic E-state index is -1.15. The molecule has 32 heavy (non-hydrogen) atoms. The van der Waals surface area contributed by atoms with Crippen molar-refractivity contribution in [3.05, 3.63) is 18.2 Å². The minimum absolute atomic E-state index is 0.0911. The summed E-state index contributed by atoms with van der Waals surface area (Å²) in [5.74, 6) is -2.62. The first-order valence-corrected chi connectivity index (χ1v) is 12.1. The number of thiol groups is 1. The van der Waals surface area contributed by atoms with Crippen molar-refractivity contribution < 1.29 is 24.3 Å². The molecule has 0 saturated heterocycles. The molecule has 0 bridgehead atoms. The van der Waals surface area contributed by atoms with E-state index < -0.39 is 47.9 Å². The number of carboxylic acid groups (broad SMARTS) is 1. The Morgan fingerprint density at radius 1 is 1.16 bits per heavy atom. The third kappa shape index (κ3) is 9.09. The minimum Gasteiger partial charge on any atom is -0.480 e. The maximum atomic E-state index is 13.0. The second-order valence-corrected chi connectivity index (χ2v) is 8.89. The van der Waals surface area contributed by atoms with Crippen molar-refractivity contribution in [1.82, 2.24) is 25.9 Å². The number of nitrogens with two attached hydrogens (primary N) is 1. The lowest BCUT2D eigenvalue weighted by Gasteiger charge is -2.27. The molecular weight excluding hydrogens is 456 g/mol. The van der Waals surface area contributed by atoms with Crippen LogP contribution in [0.2, 0.25) is 0 Å². The van der Waals surface area contributed by atoms with Gasteiger partial charge >= 0.3 is 5.97 Å². The monoisotopic (exact) mass is 488 g/mol. The van der Waals surface area contributed by atoms with E-state index >= 15 is 0 Å². The summed E-state index contributed by atoms with van der Waals surface area (Å²) in [6, 6.07) is -4.01. The van der Waals surface area contributed by atoms with Crippen LogP contribution in [0.4, 0.5) is 0 Å². The van der Waals surface area contributed by atoms with Gasteiger partial charge in [0.05, 0.1) is 12.4 Å². The number of carboxylic acids is 1. The quantitative estimate of drug-likeness (QED) is 0.166. The summed E-state index contributed by atoms with van der Waals surface area (Å²) < 4.78 is 0. The molecule has 0 aliphatic heterocycles. The molecule has 0 saturated carbocycles. The van der Waals surface area contributed by atoms with Gasteiger partial charge in [-0.05, 0) is 24.3 Å². The third-order valence-corrected chi connectivity index (χ3v) is 5.65. The summed E-state index contributed by atoms with van der Waals surface area (Å²) in [5, 5.41) is 17.1. The first-order chi connectivity index (χ1) is 15.1. The molecule has 3 amide bonds. The Hall–Kier alpha value is -2.25. The molecule has 13 heteroatoms. The van der Waals surface area contributed by atoms with Crippen molar-refractivity contribution in [2.75, 3.05) is 17.8 Å². The van der Waals surface area contributed by atoms with E-state index in [4.69, 9.17) is 5.73 Å². The van der Waals surface area contributed by atoms with E-state index in [1.54, 1.807) is 13.8 Å². The third-order valence-electron chi connectivity index (χ3n) is 4.62. The Morgan fingerprint density at radius 2 is 1.81 bits per heavy atom. The van der Waals surface area contributed by atoms with Crippen LogP contribution in [-0.4, -0.2) is 80.7 Å².